The van der Waals surface area contributed by atoms with Gasteiger partial charge in [0.1, 0.15) is 11.9 Å². The highest BCUT2D eigenvalue weighted by Crippen LogP contribution is 2.23. The number of hydrogen-bond donors (Lipinski definition) is 0. The first kappa shape index (κ1) is 12.7. The fourth-order valence-corrected chi connectivity index (χ4v) is 1.14. The van der Waals surface area contributed by atoms with E-state index < -0.39 is 5.41 Å². The van der Waals surface area contributed by atoms with Gasteiger partial charge < -0.3 is 4.74 Å². The molecule has 16 heavy (non-hydrogen) atoms. The lowest BCUT2D eigenvalue weighted by Gasteiger charge is -2.21. The monoisotopic (exact) mass is 224 g/mol. The van der Waals surface area contributed by atoms with E-state index in [1.165, 1.54) is 12.1 Å². The van der Waals surface area contributed by atoms with Crippen LogP contribution in [0.2, 0.25) is 0 Å². The predicted molar refractivity (Wildman–Crippen MR) is 60.4 cm³/mol. The van der Waals surface area contributed by atoms with E-state index >= 15 is 0 Å². The van der Waals surface area contributed by atoms with E-state index in [1.807, 2.05) is 0 Å². The van der Waals surface area contributed by atoms with Gasteiger partial charge in [-0.3, -0.25) is 4.79 Å². The molecule has 88 valence electrons. The van der Waals surface area contributed by atoms with Crippen molar-refractivity contribution in [2.45, 2.75) is 33.8 Å². The zero-order chi connectivity index (χ0) is 12.3. The molecule has 0 aliphatic heterocycles. The maximum atomic E-state index is 12.7. The van der Waals surface area contributed by atoms with Crippen LogP contribution in [0.15, 0.2) is 24.3 Å². The third-order valence-corrected chi connectivity index (χ3v) is 2.24. The summed E-state index contributed by atoms with van der Waals surface area (Å²) in [6.45, 7) is 7.17. The fourth-order valence-electron chi connectivity index (χ4n) is 1.14. The van der Waals surface area contributed by atoms with E-state index in [0.29, 0.717) is 0 Å². The first-order valence-electron chi connectivity index (χ1n) is 5.27. The molecule has 3 heteroatoms. The van der Waals surface area contributed by atoms with Crippen LogP contribution in [0.1, 0.15) is 39.4 Å². The molecule has 1 aromatic rings. The van der Waals surface area contributed by atoms with Crippen LogP contribution in [-0.2, 0) is 9.53 Å². The smallest absolute Gasteiger partial charge is 0.311 e. The summed E-state index contributed by atoms with van der Waals surface area (Å²) in [5.41, 5.74) is 0.271. The molecule has 1 unspecified atom stereocenters. The lowest BCUT2D eigenvalue weighted by atomic mass is 9.97. The summed E-state index contributed by atoms with van der Waals surface area (Å²) < 4.78 is 18.0. The molecule has 1 rings (SSSR count). The number of carbonyl (C=O) groups is 1. The highest BCUT2D eigenvalue weighted by molar-refractivity contribution is 5.75. The van der Waals surface area contributed by atoms with Crippen LogP contribution in [0.3, 0.4) is 0 Å². The Bertz CT molecular complexity index is 363. The molecule has 0 fully saturated rings. The van der Waals surface area contributed by atoms with Crippen molar-refractivity contribution in [3.05, 3.63) is 35.6 Å². The highest BCUT2D eigenvalue weighted by Gasteiger charge is 2.25. The summed E-state index contributed by atoms with van der Waals surface area (Å²) in [6, 6.07) is 5.96. The predicted octanol–water partition coefficient (Wildman–Crippen LogP) is 3.48. The van der Waals surface area contributed by atoms with E-state index in [1.54, 1.807) is 39.8 Å². The number of carbonyl (C=O) groups excluding carboxylic acids is 1. The Labute approximate surface area is 95.4 Å². The van der Waals surface area contributed by atoms with Crippen molar-refractivity contribution >= 4 is 5.97 Å². The van der Waals surface area contributed by atoms with Crippen LogP contribution in [0.5, 0.6) is 0 Å². The van der Waals surface area contributed by atoms with Crippen molar-refractivity contribution in [3.63, 3.8) is 0 Å². The Balaban J connectivity index is 2.69. The third kappa shape index (κ3) is 3.33. The maximum absolute atomic E-state index is 12.7. The summed E-state index contributed by atoms with van der Waals surface area (Å²) in [5, 5.41) is 0. The standard InChI is InChI=1S/C13H17FO2/c1-9(16-12(15)13(2,3)4)10-5-7-11(14)8-6-10/h5-9H,1-4H3. The number of hydrogen-bond acceptors (Lipinski definition) is 2. The zero-order valence-corrected chi connectivity index (χ0v) is 10.1. The fraction of sp³-hybridized carbons (Fsp3) is 0.462. The van der Waals surface area contributed by atoms with E-state index in [9.17, 15) is 9.18 Å². The van der Waals surface area contributed by atoms with Gasteiger partial charge in [-0.2, -0.15) is 0 Å². The van der Waals surface area contributed by atoms with Crippen molar-refractivity contribution in [2.75, 3.05) is 0 Å². The number of esters is 1. The average Bonchev–Trinajstić information content (AvgIpc) is 2.17. The van der Waals surface area contributed by atoms with Crippen molar-refractivity contribution < 1.29 is 13.9 Å². The van der Waals surface area contributed by atoms with Crippen LogP contribution in [-0.4, -0.2) is 5.97 Å². The molecule has 0 saturated heterocycles. The second kappa shape index (κ2) is 4.64. The minimum atomic E-state index is -0.520. The van der Waals surface area contributed by atoms with Gasteiger partial charge in [-0.1, -0.05) is 12.1 Å². The van der Waals surface area contributed by atoms with E-state index in [0.717, 1.165) is 5.56 Å². The van der Waals surface area contributed by atoms with Crippen molar-refractivity contribution in [1.29, 1.82) is 0 Å². The lowest BCUT2D eigenvalue weighted by molar-refractivity contribution is -0.158. The van der Waals surface area contributed by atoms with Gasteiger partial charge >= 0.3 is 5.97 Å². The number of halogens is 1. The molecule has 0 radical (unpaired) electrons. The lowest BCUT2D eigenvalue weighted by Crippen LogP contribution is -2.24. The van der Waals surface area contributed by atoms with Gasteiger partial charge in [0.05, 0.1) is 5.41 Å². The molecule has 2 nitrogen and oxygen atoms in total. The molecule has 1 aromatic carbocycles. The summed E-state index contributed by atoms with van der Waals surface area (Å²) in [6.07, 6.45) is -0.354. The van der Waals surface area contributed by atoms with Crippen LogP contribution in [0, 0.1) is 11.2 Å². The molecule has 1 atom stereocenters. The van der Waals surface area contributed by atoms with E-state index in [4.69, 9.17) is 4.74 Å². The Morgan fingerprint density at radius 3 is 2.19 bits per heavy atom. The average molecular weight is 224 g/mol. The Hall–Kier alpha value is -1.38. The number of ether oxygens (including phenoxy) is 1. The van der Waals surface area contributed by atoms with Gasteiger partial charge in [0.15, 0.2) is 0 Å². The van der Waals surface area contributed by atoms with Gasteiger partial charge in [0.2, 0.25) is 0 Å². The molecule has 0 aliphatic rings. The van der Waals surface area contributed by atoms with Crippen LogP contribution in [0.25, 0.3) is 0 Å². The normalized spacial score (nSPS) is 13.3. The molecular formula is C13H17FO2. The molecule has 0 spiro atoms. The summed E-state index contributed by atoms with van der Waals surface area (Å²) in [4.78, 5) is 11.6. The minimum Gasteiger partial charge on any atom is -0.457 e. The zero-order valence-electron chi connectivity index (χ0n) is 10.1. The highest BCUT2D eigenvalue weighted by atomic mass is 19.1. The first-order valence-corrected chi connectivity index (χ1v) is 5.27. The largest absolute Gasteiger partial charge is 0.457 e. The quantitative estimate of drug-likeness (QED) is 0.719. The van der Waals surface area contributed by atoms with Gasteiger partial charge in [-0.25, -0.2) is 4.39 Å². The molecule has 0 aromatic heterocycles. The Kier molecular flexibility index (Phi) is 3.68. The van der Waals surface area contributed by atoms with Gasteiger partial charge in [0.25, 0.3) is 0 Å². The van der Waals surface area contributed by atoms with Gasteiger partial charge in [-0.15, -0.1) is 0 Å². The molecule has 0 saturated carbocycles. The van der Waals surface area contributed by atoms with Crippen LogP contribution in [0.4, 0.5) is 4.39 Å². The molecule has 0 bridgehead atoms. The van der Waals surface area contributed by atoms with Gasteiger partial charge in [0, 0.05) is 0 Å². The molecule has 0 aliphatic carbocycles. The van der Waals surface area contributed by atoms with E-state index in [2.05, 4.69) is 0 Å². The van der Waals surface area contributed by atoms with Crippen molar-refractivity contribution in [1.82, 2.24) is 0 Å². The first-order chi connectivity index (χ1) is 7.30. The number of rotatable bonds is 2. The minimum absolute atomic E-state index is 0.260. The van der Waals surface area contributed by atoms with Crippen LogP contribution < -0.4 is 0 Å². The summed E-state index contributed by atoms with van der Waals surface area (Å²) in [5.74, 6) is -0.553. The van der Waals surface area contributed by atoms with Crippen LogP contribution >= 0.6 is 0 Å². The maximum Gasteiger partial charge on any atom is 0.311 e. The molecule has 0 amide bonds. The Morgan fingerprint density at radius 1 is 1.25 bits per heavy atom. The van der Waals surface area contributed by atoms with Gasteiger partial charge in [-0.05, 0) is 45.4 Å². The second-order valence-corrected chi connectivity index (χ2v) is 4.85. The molecular weight excluding hydrogens is 207 g/mol. The third-order valence-electron chi connectivity index (χ3n) is 2.24. The van der Waals surface area contributed by atoms with E-state index in [-0.39, 0.29) is 17.9 Å². The molecule has 0 heterocycles. The summed E-state index contributed by atoms with van der Waals surface area (Å²) in [7, 11) is 0. The van der Waals surface area contributed by atoms with Crippen molar-refractivity contribution in [3.8, 4) is 0 Å². The van der Waals surface area contributed by atoms with Crippen molar-refractivity contribution in [2.24, 2.45) is 5.41 Å². The molecule has 0 N–H and O–H groups in total. The second-order valence-electron chi connectivity index (χ2n) is 4.85. The topological polar surface area (TPSA) is 26.3 Å². The number of benzene rings is 1. The Morgan fingerprint density at radius 2 is 1.75 bits per heavy atom. The SMILES string of the molecule is CC(OC(=O)C(C)(C)C)c1ccc(F)cc1. The summed E-state index contributed by atoms with van der Waals surface area (Å²) >= 11 is 0.